The molecule has 0 atom stereocenters. The highest BCUT2D eigenvalue weighted by Crippen LogP contribution is 2.03. The number of ether oxygens (including phenoxy) is 1. The molecule has 0 aliphatic carbocycles. The molecule has 0 aliphatic heterocycles. The van der Waals surface area contributed by atoms with Crippen LogP contribution in [0.5, 0.6) is 0 Å². The normalized spacial score (nSPS) is 10.3. The summed E-state index contributed by atoms with van der Waals surface area (Å²) in [6, 6.07) is 6.90. The molecular weight excluding hydrogens is 194 g/mol. The Labute approximate surface area is 88.5 Å². The summed E-state index contributed by atoms with van der Waals surface area (Å²) >= 11 is 0. The number of hydrogen-bond acceptors (Lipinski definition) is 4. The van der Waals surface area contributed by atoms with Crippen LogP contribution in [0.4, 0.5) is 0 Å². The fourth-order valence-electron chi connectivity index (χ4n) is 0.996. The first-order valence-corrected chi connectivity index (χ1v) is 4.61. The molecule has 0 radical (unpaired) electrons. The van der Waals surface area contributed by atoms with Crippen molar-refractivity contribution in [3.8, 4) is 0 Å². The van der Waals surface area contributed by atoms with Crippen LogP contribution in [0.25, 0.3) is 0 Å². The fourth-order valence-corrected chi connectivity index (χ4v) is 0.996. The number of hydrogen-bond donors (Lipinski definition) is 0. The van der Waals surface area contributed by atoms with E-state index in [-0.39, 0.29) is 5.97 Å². The average Bonchev–Trinajstić information content (AvgIpc) is 2.29. The molecule has 0 unspecified atom stereocenters. The molecule has 0 aromatic heterocycles. The van der Waals surface area contributed by atoms with E-state index in [4.69, 9.17) is 4.84 Å². The number of esters is 1. The van der Waals surface area contributed by atoms with Crippen molar-refractivity contribution in [2.75, 3.05) is 13.7 Å². The summed E-state index contributed by atoms with van der Waals surface area (Å²) in [6.45, 7) is 2.40. The maximum Gasteiger partial charge on any atom is 0.337 e. The highest BCUT2D eigenvalue weighted by Gasteiger charge is 2.02. The Kier molecular flexibility index (Phi) is 4.34. The van der Waals surface area contributed by atoms with Crippen LogP contribution in [-0.2, 0) is 9.57 Å². The van der Waals surface area contributed by atoms with Crippen LogP contribution in [0.15, 0.2) is 29.4 Å². The van der Waals surface area contributed by atoms with Gasteiger partial charge in [-0.1, -0.05) is 17.3 Å². The Hall–Kier alpha value is -1.84. The SMILES string of the molecule is CCO/N=C/c1ccc(C(=O)OC)cc1. The molecule has 1 aromatic carbocycles. The van der Waals surface area contributed by atoms with E-state index in [1.54, 1.807) is 30.5 Å². The summed E-state index contributed by atoms with van der Waals surface area (Å²) in [5.74, 6) is -0.344. The van der Waals surface area contributed by atoms with E-state index in [0.717, 1.165) is 5.56 Å². The van der Waals surface area contributed by atoms with Crippen LogP contribution in [0.2, 0.25) is 0 Å². The predicted octanol–water partition coefficient (Wildman–Crippen LogP) is 1.84. The quantitative estimate of drug-likeness (QED) is 0.430. The van der Waals surface area contributed by atoms with E-state index in [1.165, 1.54) is 7.11 Å². The first-order chi connectivity index (χ1) is 7.27. The minimum absolute atomic E-state index is 0.344. The van der Waals surface area contributed by atoms with Gasteiger partial charge in [-0.2, -0.15) is 0 Å². The topological polar surface area (TPSA) is 47.9 Å². The Bertz CT molecular complexity index is 343. The van der Waals surface area contributed by atoms with Crippen molar-refractivity contribution in [3.05, 3.63) is 35.4 Å². The monoisotopic (exact) mass is 207 g/mol. The van der Waals surface area contributed by atoms with Crippen molar-refractivity contribution < 1.29 is 14.4 Å². The van der Waals surface area contributed by atoms with Gasteiger partial charge in [-0.25, -0.2) is 4.79 Å². The molecular formula is C11H13NO3. The Morgan fingerprint density at radius 1 is 1.40 bits per heavy atom. The van der Waals surface area contributed by atoms with Gasteiger partial charge in [0, 0.05) is 0 Å². The van der Waals surface area contributed by atoms with E-state index >= 15 is 0 Å². The van der Waals surface area contributed by atoms with Crippen LogP contribution < -0.4 is 0 Å². The second-order valence-corrected chi connectivity index (χ2v) is 2.77. The van der Waals surface area contributed by atoms with Gasteiger partial charge in [0.15, 0.2) is 0 Å². The summed E-state index contributed by atoms with van der Waals surface area (Å²) in [4.78, 5) is 15.9. The molecule has 0 saturated heterocycles. The molecule has 0 N–H and O–H groups in total. The van der Waals surface area contributed by atoms with Crippen molar-refractivity contribution >= 4 is 12.2 Å². The van der Waals surface area contributed by atoms with Crippen LogP contribution in [0.3, 0.4) is 0 Å². The summed E-state index contributed by atoms with van der Waals surface area (Å²) in [5, 5.41) is 3.71. The first kappa shape index (κ1) is 11.2. The smallest absolute Gasteiger partial charge is 0.337 e. The molecule has 0 fully saturated rings. The van der Waals surface area contributed by atoms with Gasteiger partial charge in [0.1, 0.15) is 6.61 Å². The maximum absolute atomic E-state index is 11.1. The zero-order valence-electron chi connectivity index (χ0n) is 8.77. The zero-order valence-corrected chi connectivity index (χ0v) is 8.77. The Morgan fingerprint density at radius 2 is 2.07 bits per heavy atom. The van der Waals surface area contributed by atoms with Crippen molar-refractivity contribution in [3.63, 3.8) is 0 Å². The number of carbonyl (C=O) groups is 1. The van der Waals surface area contributed by atoms with Gasteiger partial charge in [0.25, 0.3) is 0 Å². The number of oxime groups is 1. The molecule has 1 rings (SSSR count). The highest BCUT2D eigenvalue weighted by molar-refractivity contribution is 5.90. The molecule has 0 spiro atoms. The largest absolute Gasteiger partial charge is 0.465 e. The van der Waals surface area contributed by atoms with Gasteiger partial charge in [0.05, 0.1) is 18.9 Å². The number of nitrogens with zero attached hydrogens (tertiary/aromatic N) is 1. The van der Waals surface area contributed by atoms with Gasteiger partial charge < -0.3 is 9.57 Å². The second-order valence-electron chi connectivity index (χ2n) is 2.77. The van der Waals surface area contributed by atoms with E-state index < -0.39 is 0 Å². The molecule has 0 bridgehead atoms. The van der Waals surface area contributed by atoms with Gasteiger partial charge in [-0.15, -0.1) is 0 Å². The van der Waals surface area contributed by atoms with Crippen molar-refractivity contribution in [2.24, 2.45) is 5.16 Å². The molecule has 1 aromatic rings. The second kappa shape index (κ2) is 5.80. The Balaban J connectivity index is 2.68. The molecule has 4 heteroatoms. The number of rotatable bonds is 4. The minimum atomic E-state index is -0.344. The van der Waals surface area contributed by atoms with Gasteiger partial charge in [-0.05, 0) is 24.6 Å². The lowest BCUT2D eigenvalue weighted by Gasteiger charge is -1.98. The van der Waals surface area contributed by atoms with Crippen LogP contribution in [-0.4, -0.2) is 25.9 Å². The standard InChI is InChI=1S/C11H13NO3/c1-3-15-12-8-9-4-6-10(7-5-9)11(13)14-2/h4-8H,3H2,1-2H3/b12-8+. The summed E-state index contributed by atoms with van der Waals surface area (Å²) in [7, 11) is 1.35. The summed E-state index contributed by atoms with van der Waals surface area (Å²) < 4.78 is 4.58. The lowest BCUT2D eigenvalue weighted by molar-refractivity contribution is 0.0601. The minimum Gasteiger partial charge on any atom is -0.465 e. The third kappa shape index (κ3) is 3.42. The number of benzene rings is 1. The highest BCUT2D eigenvalue weighted by atomic mass is 16.6. The van der Waals surface area contributed by atoms with Crippen LogP contribution >= 0.6 is 0 Å². The van der Waals surface area contributed by atoms with E-state index in [1.807, 2.05) is 6.92 Å². The lowest BCUT2D eigenvalue weighted by Crippen LogP contribution is -2.00. The number of carbonyl (C=O) groups excluding carboxylic acids is 1. The van der Waals surface area contributed by atoms with Crippen molar-refractivity contribution in [2.45, 2.75) is 6.92 Å². The molecule has 80 valence electrons. The van der Waals surface area contributed by atoms with Gasteiger partial charge >= 0.3 is 5.97 Å². The maximum atomic E-state index is 11.1. The molecule has 0 heterocycles. The van der Waals surface area contributed by atoms with Crippen molar-refractivity contribution in [1.82, 2.24) is 0 Å². The number of methoxy groups -OCH3 is 1. The molecule has 4 nitrogen and oxygen atoms in total. The molecule has 0 aliphatic rings. The third-order valence-electron chi connectivity index (χ3n) is 1.74. The van der Waals surface area contributed by atoms with Gasteiger partial charge in [-0.3, -0.25) is 0 Å². The van der Waals surface area contributed by atoms with E-state index in [9.17, 15) is 4.79 Å². The van der Waals surface area contributed by atoms with Crippen LogP contribution in [0, 0.1) is 0 Å². The molecule has 15 heavy (non-hydrogen) atoms. The summed E-state index contributed by atoms with van der Waals surface area (Å²) in [5.41, 5.74) is 1.39. The van der Waals surface area contributed by atoms with E-state index in [0.29, 0.717) is 12.2 Å². The Morgan fingerprint density at radius 3 is 2.60 bits per heavy atom. The van der Waals surface area contributed by atoms with Gasteiger partial charge in [0.2, 0.25) is 0 Å². The lowest BCUT2D eigenvalue weighted by atomic mass is 10.1. The molecule has 0 amide bonds. The first-order valence-electron chi connectivity index (χ1n) is 4.61. The zero-order chi connectivity index (χ0) is 11.1. The van der Waals surface area contributed by atoms with Crippen molar-refractivity contribution in [1.29, 1.82) is 0 Å². The predicted molar refractivity (Wildman–Crippen MR) is 57.0 cm³/mol. The molecule has 0 saturated carbocycles. The fraction of sp³-hybridized carbons (Fsp3) is 0.273. The third-order valence-corrected chi connectivity index (χ3v) is 1.74. The summed E-state index contributed by atoms with van der Waals surface area (Å²) in [6.07, 6.45) is 1.59. The van der Waals surface area contributed by atoms with E-state index in [2.05, 4.69) is 9.89 Å². The van der Waals surface area contributed by atoms with Crippen LogP contribution in [0.1, 0.15) is 22.8 Å². The average molecular weight is 207 g/mol.